The van der Waals surface area contributed by atoms with Crippen LogP contribution in [0.15, 0.2) is 54.6 Å². The Labute approximate surface area is 186 Å². The van der Waals surface area contributed by atoms with Gasteiger partial charge in [-0.1, -0.05) is 54.6 Å². The van der Waals surface area contributed by atoms with Crippen molar-refractivity contribution >= 4 is 5.91 Å². The smallest absolute Gasteiger partial charge is 0.237 e. The van der Waals surface area contributed by atoms with Gasteiger partial charge < -0.3 is 9.64 Å². The summed E-state index contributed by atoms with van der Waals surface area (Å²) in [4.78, 5) is 20.2. The first-order valence-electron chi connectivity index (χ1n) is 11.6. The highest BCUT2D eigenvalue weighted by atomic mass is 16.5. The van der Waals surface area contributed by atoms with Gasteiger partial charge in [-0.3, -0.25) is 14.6 Å². The standard InChI is InChI=1S/C26H35N3O2/c1-3-31-16-15-28-14-13-27(17-21(28)2)20-26(30)29-18-23-11-7-8-12-24(23)25(19-29)22-9-5-4-6-10-22/h4-12,21,25H,3,13-20H2,1-2H3. The van der Waals surface area contributed by atoms with Gasteiger partial charge >= 0.3 is 0 Å². The minimum atomic E-state index is 0.240. The Kier molecular flexibility index (Phi) is 7.38. The Hall–Kier alpha value is -2.21. The first kappa shape index (κ1) is 22.0. The van der Waals surface area contributed by atoms with Gasteiger partial charge in [-0.15, -0.1) is 0 Å². The van der Waals surface area contributed by atoms with Crippen LogP contribution >= 0.6 is 0 Å². The van der Waals surface area contributed by atoms with Gasteiger partial charge in [0.2, 0.25) is 5.91 Å². The molecule has 0 bridgehead atoms. The van der Waals surface area contributed by atoms with Crippen molar-refractivity contribution in [3.63, 3.8) is 0 Å². The second-order valence-corrected chi connectivity index (χ2v) is 8.75. The average molecular weight is 422 g/mol. The minimum absolute atomic E-state index is 0.240. The normalized spacial score (nSPS) is 22.3. The molecule has 2 aliphatic rings. The number of fused-ring (bicyclic) bond motifs is 1. The fraction of sp³-hybridized carbons (Fsp3) is 0.500. The molecule has 31 heavy (non-hydrogen) atoms. The summed E-state index contributed by atoms with van der Waals surface area (Å²) in [6, 6.07) is 19.6. The molecule has 5 nitrogen and oxygen atoms in total. The molecule has 0 spiro atoms. The van der Waals surface area contributed by atoms with E-state index in [9.17, 15) is 4.79 Å². The van der Waals surface area contributed by atoms with Crippen LogP contribution in [0.3, 0.4) is 0 Å². The van der Waals surface area contributed by atoms with Gasteiger partial charge in [-0.25, -0.2) is 0 Å². The molecule has 2 aromatic carbocycles. The van der Waals surface area contributed by atoms with Crippen LogP contribution in [0, 0.1) is 0 Å². The molecule has 2 atom stereocenters. The molecule has 0 aliphatic carbocycles. The molecule has 2 unspecified atom stereocenters. The van der Waals surface area contributed by atoms with Crippen molar-refractivity contribution in [2.45, 2.75) is 32.4 Å². The molecule has 2 heterocycles. The van der Waals surface area contributed by atoms with E-state index in [1.807, 2.05) is 6.92 Å². The van der Waals surface area contributed by atoms with Crippen molar-refractivity contribution < 1.29 is 9.53 Å². The third kappa shape index (κ3) is 5.35. The van der Waals surface area contributed by atoms with Crippen LogP contribution in [0.2, 0.25) is 0 Å². The highest BCUT2D eigenvalue weighted by Gasteiger charge is 2.31. The largest absolute Gasteiger partial charge is 0.380 e. The fourth-order valence-electron chi connectivity index (χ4n) is 4.93. The first-order chi connectivity index (χ1) is 15.2. The Morgan fingerprint density at radius 1 is 1.03 bits per heavy atom. The molecule has 0 N–H and O–H groups in total. The highest BCUT2D eigenvalue weighted by molar-refractivity contribution is 5.79. The number of ether oxygens (including phenoxy) is 1. The number of carbonyl (C=O) groups excluding carboxylic acids is 1. The third-order valence-electron chi connectivity index (χ3n) is 6.68. The summed E-state index contributed by atoms with van der Waals surface area (Å²) in [5, 5.41) is 0. The molecule has 2 aliphatic heterocycles. The second-order valence-electron chi connectivity index (χ2n) is 8.75. The first-order valence-corrected chi connectivity index (χ1v) is 11.6. The topological polar surface area (TPSA) is 36.0 Å². The van der Waals surface area contributed by atoms with E-state index < -0.39 is 0 Å². The van der Waals surface area contributed by atoms with Gasteiger partial charge in [0.15, 0.2) is 0 Å². The van der Waals surface area contributed by atoms with Crippen molar-refractivity contribution in [3.8, 4) is 0 Å². The number of hydrogen-bond donors (Lipinski definition) is 0. The molecule has 4 rings (SSSR count). The molecule has 1 fully saturated rings. The van der Waals surface area contributed by atoms with E-state index >= 15 is 0 Å². The lowest BCUT2D eigenvalue weighted by atomic mass is 9.84. The molecule has 1 saturated heterocycles. The summed E-state index contributed by atoms with van der Waals surface area (Å²) in [7, 11) is 0. The number of hydrogen-bond acceptors (Lipinski definition) is 4. The predicted octanol–water partition coefficient (Wildman–Crippen LogP) is 3.20. The van der Waals surface area contributed by atoms with Gasteiger partial charge in [0, 0.05) is 57.8 Å². The molecule has 0 radical (unpaired) electrons. The minimum Gasteiger partial charge on any atom is -0.380 e. The molecule has 166 valence electrons. The van der Waals surface area contributed by atoms with Crippen molar-refractivity contribution in [1.82, 2.24) is 14.7 Å². The van der Waals surface area contributed by atoms with Gasteiger partial charge in [-0.05, 0) is 30.5 Å². The summed E-state index contributed by atoms with van der Waals surface area (Å²) >= 11 is 0. The van der Waals surface area contributed by atoms with E-state index in [0.29, 0.717) is 19.1 Å². The molecular weight excluding hydrogens is 386 g/mol. The van der Waals surface area contributed by atoms with Crippen LogP contribution in [-0.2, 0) is 16.1 Å². The number of amides is 1. The van der Waals surface area contributed by atoms with Crippen LogP contribution in [0.4, 0.5) is 0 Å². The van der Waals surface area contributed by atoms with Crippen LogP contribution in [0.25, 0.3) is 0 Å². The molecule has 1 amide bonds. The van der Waals surface area contributed by atoms with Crippen LogP contribution in [0.1, 0.15) is 36.5 Å². The quantitative estimate of drug-likeness (QED) is 0.644. The second kappa shape index (κ2) is 10.4. The van der Waals surface area contributed by atoms with Gasteiger partial charge in [0.1, 0.15) is 0 Å². The van der Waals surface area contributed by atoms with Crippen LogP contribution < -0.4 is 0 Å². The van der Waals surface area contributed by atoms with Crippen molar-refractivity contribution in [3.05, 3.63) is 71.3 Å². The molecule has 5 heteroatoms. The SMILES string of the molecule is CCOCCN1CCN(CC(=O)N2Cc3ccccc3C(c3ccccc3)C2)CC1C. The predicted molar refractivity (Wildman–Crippen MR) is 124 cm³/mol. The van der Waals surface area contributed by atoms with E-state index in [0.717, 1.165) is 45.9 Å². The lowest BCUT2D eigenvalue weighted by molar-refractivity contribution is -0.134. The van der Waals surface area contributed by atoms with Crippen molar-refractivity contribution in [1.29, 1.82) is 0 Å². The maximum absolute atomic E-state index is 13.3. The van der Waals surface area contributed by atoms with E-state index in [4.69, 9.17) is 4.74 Å². The van der Waals surface area contributed by atoms with Crippen molar-refractivity contribution in [2.75, 3.05) is 52.5 Å². The summed E-state index contributed by atoms with van der Waals surface area (Å²) in [5.74, 6) is 0.481. The maximum atomic E-state index is 13.3. The van der Waals surface area contributed by atoms with E-state index in [-0.39, 0.29) is 11.8 Å². The summed E-state index contributed by atoms with van der Waals surface area (Å²) in [5.41, 5.74) is 3.91. The van der Waals surface area contributed by atoms with Gasteiger partial charge in [-0.2, -0.15) is 0 Å². The molecule has 0 aromatic heterocycles. The fourth-order valence-corrected chi connectivity index (χ4v) is 4.93. The maximum Gasteiger partial charge on any atom is 0.237 e. The average Bonchev–Trinajstić information content (AvgIpc) is 2.80. The van der Waals surface area contributed by atoms with E-state index in [1.165, 1.54) is 16.7 Å². The van der Waals surface area contributed by atoms with E-state index in [2.05, 4.69) is 76.2 Å². The highest BCUT2D eigenvalue weighted by Crippen LogP contribution is 2.33. The lowest BCUT2D eigenvalue weighted by Gasteiger charge is -2.41. The molecule has 0 saturated carbocycles. The number of carbonyl (C=O) groups is 1. The molecule has 2 aromatic rings. The van der Waals surface area contributed by atoms with Crippen molar-refractivity contribution in [2.24, 2.45) is 0 Å². The molecular formula is C26H35N3O2. The zero-order chi connectivity index (χ0) is 21.6. The Morgan fingerprint density at radius 3 is 2.58 bits per heavy atom. The summed E-state index contributed by atoms with van der Waals surface area (Å²) in [6.07, 6.45) is 0. The summed E-state index contributed by atoms with van der Waals surface area (Å²) in [6.45, 7) is 11.7. The Balaban J connectivity index is 1.39. The van der Waals surface area contributed by atoms with Crippen LogP contribution in [0.5, 0.6) is 0 Å². The number of benzene rings is 2. The van der Waals surface area contributed by atoms with Crippen LogP contribution in [-0.4, -0.2) is 79.1 Å². The zero-order valence-electron chi connectivity index (χ0n) is 18.9. The Bertz CT molecular complexity index is 857. The summed E-state index contributed by atoms with van der Waals surface area (Å²) < 4.78 is 5.51. The van der Waals surface area contributed by atoms with Gasteiger partial charge in [0.25, 0.3) is 0 Å². The monoisotopic (exact) mass is 421 g/mol. The van der Waals surface area contributed by atoms with E-state index in [1.54, 1.807) is 0 Å². The lowest BCUT2D eigenvalue weighted by Crippen LogP contribution is -2.55. The Morgan fingerprint density at radius 2 is 1.81 bits per heavy atom. The zero-order valence-corrected chi connectivity index (χ0v) is 18.9. The number of rotatable bonds is 7. The number of piperazine rings is 1. The van der Waals surface area contributed by atoms with Gasteiger partial charge in [0.05, 0.1) is 13.2 Å². The number of nitrogens with zero attached hydrogens (tertiary/aromatic N) is 3. The third-order valence-corrected chi connectivity index (χ3v) is 6.68.